The molecule has 1 N–H and O–H groups in total. The number of rotatable bonds is 8. The van der Waals surface area contributed by atoms with Crippen LogP contribution < -0.4 is 10.1 Å². The van der Waals surface area contributed by atoms with Crippen LogP contribution in [0.25, 0.3) is 6.08 Å². The molecule has 0 spiro atoms. The Balaban J connectivity index is 1.35. The highest BCUT2D eigenvalue weighted by Crippen LogP contribution is 2.13. The van der Waals surface area contributed by atoms with Crippen molar-refractivity contribution in [2.45, 2.75) is 19.9 Å². The van der Waals surface area contributed by atoms with Crippen molar-refractivity contribution in [1.29, 1.82) is 0 Å². The zero-order chi connectivity index (χ0) is 22.1. The lowest BCUT2D eigenvalue weighted by Gasteiger charge is -2.35. The van der Waals surface area contributed by atoms with Crippen molar-refractivity contribution in [3.63, 3.8) is 0 Å². The molecule has 2 amide bonds. The lowest BCUT2D eigenvalue weighted by Crippen LogP contribution is -2.48. The van der Waals surface area contributed by atoms with Crippen LogP contribution in [0.2, 0.25) is 0 Å². The molecule has 1 aliphatic heterocycles. The van der Waals surface area contributed by atoms with E-state index in [9.17, 15) is 9.59 Å². The molecule has 3 rings (SSSR count). The zero-order valence-electron chi connectivity index (χ0n) is 18.3. The summed E-state index contributed by atoms with van der Waals surface area (Å²) >= 11 is 0. The standard InChI is InChI=1S/C25H31N3O3/c1-20-5-3-4-6-22(20)19-27-15-17-28(18-16-27)25(30)13-14-26-24(29)12-9-21-7-10-23(31-2)11-8-21/h3-12H,13-19H2,1-2H3,(H,26,29)/b12-9+. The fourth-order valence-corrected chi connectivity index (χ4v) is 3.58. The Labute approximate surface area is 184 Å². The quantitative estimate of drug-likeness (QED) is 0.666. The summed E-state index contributed by atoms with van der Waals surface area (Å²) in [7, 11) is 1.62. The third-order valence-electron chi connectivity index (χ3n) is 5.56. The molecule has 6 heteroatoms. The molecule has 0 unspecified atom stereocenters. The third kappa shape index (κ3) is 6.96. The van der Waals surface area contributed by atoms with Gasteiger partial charge in [-0.2, -0.15) is 0 Å². The average Bonchev–Trinajstić information content (AvgIpc) is 2.80. The molecule has 0 radical (unpaired) electrons. The molecule has 1 fully saturated rings. The number of carbonyl (C=O) groups excluding carboxylic acids is 2. The van der Waals surface area contributed by atoms with Crippen LogP contribution in [-0.4, -0.2) is 61.4 Å². The van der Waals surface area contributed by atoms with Gasteiger partial charge in [0.2, 0.25) is 11.8 Å². The Morgan fingerprint density at radius 3 is 2.42 bits per heavy atom. The summed E-state index contributed by atoms with van der Waals surface area (Å²) in [5.41, 5.74) is 3.56. The second-order valence-corrected chi connectivity index (χ2v) is 7.73. The van der Waals surface area contributed by atoms with Crippen LogP contribution in [0.15, 0.2) is 54.6 Å². The van der Waals surface area contributed by atoms with Crippen molar-refractivity contribution < 1.29 is 14.3 Å². The number of nitrogens with zero attached hydrogens (tertiary/aromatic N) is 2. The lowest BCUT2D eigenvalue weighted by atomic mass is 10.1. The van der Waals surface area contributed by atoms with Crippen LogP contribution in [0.4, 0.5) is 0 Å². The topological polar surface area (TPSA) is 61.9 Å². The summed E-state index contributed by atoms with van der Waals surface area (Å²) in [5.74, 6) is 0.665. The van der Waals surface area contributed by atoms with Gasteiger partial charge in [-0.05, 0) is 41.8 Å². The third-order valence-corrected chi connectivity index (χ3v) is 5.56. The molecule has 0 aliphatic carbocycles. The van der Waals surface area contributed by atoms with Crippen molar-refractivity contribution in [2.75, 3.05) is 39.8 Å². The molecule has 0 atom stereocenters. The van der Waals surface area contributed by atoms with Gasteiger partial charge in [-0.25, -0.2) is 0 Å². The fraction of sp³-hybridized carbons (Fsp3) is 0.360. The van der Waals surface area contributed by atoms with E-state index in [1.165, 1.54) is 17.2 Å². The molecule has 2 aromatic carbocycles. The molecule has 31 heavy (non-hydrogen) atoms. The Morgan fingerprint density at radius 1 is 1.03 bits per heavy atom. The fourth-order valence-electron chi connectivity index (χ4n) is 3.58. The minimum absolute atomic E-state index is 0.0926. The highest BCUT2D eigenvalue weighted by molar-refractivity contribution is 5.92. The first-order chi connectivity index (χ1) is 15.0. The monoisotopic (exact) mass is 421 g/mol. The van der Waals surface area contributed by atoms with Gasteiger partial charge in [0.1, 0.15) is 5.75 Å². The number of carbonyl (C=O) groups is 2. The van der Waals surface area contributed by atoms with Crippen molar-refractivity contribution in [1.82, 2.24) is 15.1 Å². The van der Waals surface area contributed by atoms with Gasteiger partial charge in [-0.15, -0.1) is 0 Å². The van der Waals surface area contributed by atoms with Crippen LogP contribution in [0.1, 0.15) is 23.1 Å². The van der Waals surface area contributed by atoms with Gasteiger partial charge in [0.15, 0.2) is 0 Å². The largest absolute Gasteiger partial charge is 0.497 e. The molecule has 1 aliphatic rings. The van der Waals surface area contributed by atoms with Gasteiger partial charge in [-0.1, -0.05) is 36.4 Å². The minimum Gasteiger partial charge on any atom is -0.497 e. The number of ether oxygens (including phenoxy) is 1. The number of amides is 2. The summed E-state index contributed by atoms with van der Waals surface area (Å²) in [4.78, 5) is 28.7. The summed E-state index contributed by atoms with van der Waals surface area (Å²) in [6.07, 6.45) is 3.54. The van der Waals surface area contributed by atoms with E-state index in [1.54, 1.807) is 13.2 Å². The second kappa shape index (κ2) is 11.3. The molecule has 164 valence electrons. The smallest absolute Gasteiger partial charge is 0.244 e. The molecule has 0 saturated carbocycles. The lowest BCUT2D eigenvalue weighted by molar-refractivity contribution is -0.132. The van der Waals surface area contributed by atoms with E-state index in [-0.39, 0.29) is 11.8 Å². The van der Waals surface area contributed by atoms with Crippen LogP contribution in [0.5, 0.6) is 5.75 Å². The van der Waals surface area contributed by atoms with Gasteiger partial charge < -0.3 is 15.0 Å². The summed E-state index contributed by atoms with van der Waals surface area (Å²) in [6, 6.07) is 15.9. The SMILES string of the molecule is COc1ccc(/C=C/C(=O)NCCC(=O)N2CCN(Cc3ccccc3C)CC2)cc1. The first-order valence-corrected chi connectivity index (χ1v) is 10.7. The number of hydrogen-bond acceptors (Lipinski definition) is 4. The predicted octanol–water partition coefficient (Wildman–Crippen LogP) is 2.87. The van der Waals surface area contributed by atoms with E-state index in [0.29, 0.717) is 13.0 Å². The van der Waals surface area contributed by atoms with Gasteiger partial charge in [0.05, 0.1) is 7.11 Å². The number of nitrogens with one attached hydrogen (secondary N) is 1. The van der Waals surface area contributed by atoms with E-state index in [0.717, 1.165) is 44.0 Å². The maximum atomic E-state index is 12.5. The number of piperazine rings is 1. The highest BCUT2D eigenvalue weighted by Gasteiger charge is 2.21. The molecule has 1 heterocycles. The average molecular weight is 422 g/mol. The van der Waals surface area contributed by atoms with Crippen molar-refractivity contribution >= 4 is 17.9 Å². The van der Waals surface area contributed by atoms with Gasteiger partial charge >= 0.3 is 0 Å². The van der Waals surface area contributed by atoms with Crippen LogP contribution in [0, 0.1) is 6.92 Å². The van der Waals surface area contributed by atoms with Gasteiger partial charge in [0.25, 0.3) is 0 Å². The number of methoxy groups -OCH3 is 1. The van der Waals surface area contributed by atoms with Gasteiger partial charge in [-0.3, -0.25) is 14.5 Å². The maximum Gasteiger partial charge on any atom is 0.244 e. The van der Waals surface area contributed by atoms with Crippen LogP contribution in [0.3, 0.4) is 0 Å². The van der Waals surface area contributed by atoms with E-state index >= 15 is 0 Å². The summed E-state index contributed by atoms with van der Waals surface area (Å²) in [5, 5.41) is 2.78. The number of benzene rings is 2. The van der Waals surface area contributed by atoms with Crippen LogP contribution >= 0.6 is 0 Å². The first-order valence-electron chi connectivity index (χ1n) is 10.7. The first kappa shape index (κ1) is 22.6. The molecule has 0 bridgehead atoms. The molecule has 6 nitrogen and oxygen atoms in total. The van der Waals surface area contributed by atoms with Crippen molar-refractivity contribution in [3.05, 3.63) is 71.3 Å². The van der Waals surface area contributed by atoms with Gasteiger partial charge in [0, 0.05) is 51.8 Å². The Hall–Kier alpha value is -3.12. The number of aryl methyl sites for hydroxylation is 1. The predicted molar refractivity (Wildman–Crippen MR) is 123 cm³/mol. The maximum absolute atomic E-state index is 12.5. The Kier molecular flexibility index (Phi) is 8.24. The number of hydrogen-bond donors (Lipinski definition) is 1. The molecule has 2 aromatic rings. The Bertz CT molecular complexity index is 900. The summed E-state index contributed by atoms with van der Waals surface area (Å²) in [6.45, 7) is 6.61. The van der Waals surface area contributed by atoms with Crippen LogP contribution in [-0.2, 0) is 16.1 Å². The molecule has 1 saturated heterocycles. The normalized spacial score (nSPS) is 14.6. The van der Waals surface area contributed by atoms with Crippen molar-refractivity contribution in [3.8, 4) is 5.75 Å². The summed E-state index contributed by atoms with van der Waals surface area (Å²) < 4.78 is 5.12. The molecular weight excluding hydrogens is 390 g/mol. The highest BCUT2D eigenvalue weighted by atomic mass is 16.5. The van der Waals surface area contributed by atoms with Crippen molar-refractivity contribution in [2.24, 2.45) is 0 Å². The Morgan fingerprint density at radius 2 is 1.74 bits per heavy atom. The second-order valence-electron chi connectivity index (χ2n) is 7.73. The van der Waals surface area contributed by atoms with E-state index in [1.807, 2.05) is 29.2 Å². The molecule has 0 aromatic heterocycles. The van der Waals surface area contributed by atoms with E-state index in [2.05, 4.69) is 41.4 Å². The van der Waals surface area contributed by atoms with E-state index in [4.69, 9.17) is 4.74 Å². The minimum atomic E-state index is -0.202. The molecular formula is C25H31N3O3. The van der Waals surface area contributed by atoms with E-state index < -0.39 is 0 Å². The zero-order valence-corrected chi connectivity index (χ0v) is 18.3.